The van der Waals surface area contributed by atoms with E-state index in [0.29, 0.717) is 5.56 Å². The van der Waals surface area contributed by atoms with Crippen molar-refractivity contribution in [3.05, 3.63) is 52.8 Å². The molecule has 1 N–H and O–H groups in total. The van der Waals surface area contributed by atoms with Gasteiger partial charge in [0, 0.05) is 12.7 Å². The number of aromatic nitrogens is 2. The minimum Gasteiger partial charge on any atom is -0.345 e. The minimum atomic E-state index is -0.0700. The van der Waals surface area contributed by atoms with Gasteiger partial charge in [0.05, 0.1) is 17.3 Å². The van der Waals surface area contributed by atoms with Crippen molar-refractivity contribution in [3.8, 4) is 0 Å². The number of hydrogen-bond donors (Lipinski definition) is 1. The number of benzene rings is 1. The SMILES string of the molecule is Cc1nn(C)c(C)c1C(=O)N[C@@H](C)c1ccccc1. The first-order chi connectivity index (χ1) is 9.00. The Labute approximate surface area is 113 Å². The molecule has 0 fully saturated rings. The number of nitrogens with zero attached hydrogens (tertiary/aromatic N) is 2. The molecule has 2 aromatic rings. The summed E-state index contributed by atoms with van der Waals surface area (Å²) in [5.74, 6) is -0.0700. The van der Waals surface area contributed by atoms with E-state index in [2.05, 4.69) is 10.4 Å². The summed E-state index contributed by atoms with van der Waals surface area (Å²) in [6.45, 7) is 5.74. The van der Waals surface area contributed by atoms with Gasteiger partial charge in [0.25, 0.3) is 5.91 Å². The van der Waals surface area contributed by atoms with Gasteiger partial charge in [0.15, 0.2) is 0 Å². The van der Waals surface area contributed by atoms with Crippen molar-refractivity contribution < 1.29 is 4.79 Å². The molecule has 0 aliphatic carbocycles. The highest BCUT2D eigenvalue weighted by atomic mass is 16.1. The van der Waals surface area contributed by atoms with E-state index < -0.39 is 0 Å². The maximum Gasteiger partial charge on any atom is 0.255 e. The van der Waals surface area contributed by atoms with Crippen molar-refractivity contribution in [2.45, 2.75) is 26.8 Å². The predicted octanol–water partition coefficient (Wildman–Crippen LogP) is 2.53. The zero-order chi connectivity index (χ0) is 14.0. The van der Waals surface area contributed by atoms with Crippen molar-refractivity contribution in [3.63, 3.8) is 0 Å². The first-order valence-electron chi connectivity index (χ1n) is 6.36. The van der Waals surface area contributed by atoms with Gasteiger partial charge in [-0.1, -0.05) is 30.3 Å². The Kier molecular flexibility index (Phi) is 3.69. The molecule has 1 atom stereocenters. The zero-order valence-electron chi connectivity index (χ0n) is 11.8. The van der Waals surface area contributed by atoms with Gasteiger partial charge < -0.3 is 5.32 Å². The Morgan fingerprint density at radius 3 is 2.42 bits per heavy atom. The lowest BCUT2D eigenvalue weighted by molar-refractivity contribution is 0.0938. The maximum absolute atomic E-state index is 12.3. The molecule has 0 radical (unpaired) electrons. The quantitative estimate of drug-likeness (QED) is 0.918. The van der Waals surface area contributed by atoms with Gasteiger partial charge in [0.1, 0.15) is 0 Å². The monoisotopic (exact) mass is 257 g/mol. The molecule has 100 valence electrons. The molecule has 1 aromatic heterocycles. The van der Waals surface area contributed by atoms with Gasteiger partial charge in [-0.25, -0.2) is 0 Å². The molecule has 2 rings (SSSR count). The minimum absolute atomic E-state index is 0.0206. The number of rotatable bonds is 3. The molecule has 4 nitrogen and oxygen atoms in total. The lowest BCUT2D eigenvalue weighted by Crippen LogP contribution is -2.27. The fourth-order valence-electron chi connectivity index (χ4n) is 2.20. The van der Waals surface area contributed by atoms with Crippen LogP contribution in [0.2, 0.25) is 0 Å². The second-order valence-electron chi connectivity index (χ2n) is 4.78. The van der Waals surface area contributed by atoms with Crippen LogP contribution in [-0.2, 0) is 7.05 Å². The summed E-state index contributed by atoms with van der Waals surface area (Å²) in [7, 11) is 1.85. The second kappa shape index (κ2) is 5.26. The largest absolute Gasteiger partial charge is 0.345 e. The normalized spacial score (nSPS) is 12.2. The van der Waals surface area contributed by atoms with E-state index in [1.54, 1.807) is 4.68 Å². The van der Waals surface area contributed by atoms with Gasteiger partial charge >= 0.3 is 0 Å². The van der Waals surface area contributed by atoms with Crippen molar-refractivity contribution in [2.75, 3.05) is 0 Å². The topological polar surface area (TPSA) is 46.9 Å². The first kappa shape index (κ1) is 13.3. The molecule has 1 aromatic carbocycles. The van der Waals surface area contributed by atoms with E-state index in [0.717, 1.165) is 17.0 Å². The van der Waals surface area contributed by atoms with E-state index >= 15 is 0 Å². The lowest BCUT2D eigenvalue weighted by Gasteiger charge is -2.14. The Morgan fingerprint density at radius 1 is 1.26 bits per heavy atom. The molecule has 0 aliphatic heterocycles. The Morgan fingerprint density at radius 2 is 1.89 bits per heavy atom. The van der Waals surface area contributed by atoms with Crippen LogP contribution in [0.4, 0.5) is 0 Å². The molecular formula is C15H19N3O. The summed E-state index contributed by atoms with van der Waals surface area (Å²) in [6.07, 6.45) is 0. The van der Waals surface area contributed by atoms with Crippen LogP contribution in [0.25, 0.3) is 0 Å². The van der Waals surface area contributed by atoms with E-state index in [1.165, 1.54) is 0 Å². The highest BCUT2D eigenvalue weighted by Gasteiger charge is 2.19. The standard InChI is InChI=1S/C15H19N3O/c1-10(13-8-6-5-7-9-13)16-15(19)14-11(2)17-18(4)12(14)3/h5-10H,1-4H3,(H,16,19)/t10-/m0/s1. The molecule has 1 heterocycles. The van der Waals surface area contributed by atoms with Crippen LogP contribution in [0.15, 0.2) is 30.3 Å². The summed E-state index contributed by atoms with van der Waals surface area (Å²) in [6, 6.07) is 9.90. The van der Waals surface area contributed by atoms with Crippen molar-refractivity contribution in [1.29, 1.82) is 0 Å². The van der Waals surface area contributed by atoms with E-state index in [1.807, 2.05) is 58.2 Å². The van der Waals surface area contributed by atoms with Crippen LogP contribution in [0, 0.1) is 13.8 Å². The molecule has 19 heavy (non-hydrogen) atoms. The van der Waals surface area contributed by atoms with Gasteiger partial charge in [-0.15, -0.1) is 0 Å². The summed E-state index contributed by atoms with van der Waals surface area (Å²) in [5, 5.41) is 7.28. The molecule has 0 spiro atoms. The average Bonchev–Trinajstić information content (AvgIpc) is 2.64. The molecular weight excluding hydrogens is 238 g/mol. The fourth-order valence-corrected chi connectivity index (χ4v) is 2.20. The smallest absolute Gasteiger partial charge is 0.255 e. The number of carbonyl (C=O) groups excluding carboxylic acids is 1. The molecule has 0 aliphatic rings. The number of aryl methyl sites for hydroxylation is 2. The summed E-state index contributed by atoms with van der Waals surface area (Å²) < 4.78 is 1.73. The van der Waals surface area contributed by atoms with Gasteiger partial charge in [-0.3, -0.25) is 9.48 Å². The maximum atomic E-state index is 12.3. The summed E-state index contributed by atoms with van der Waals surface area (Å²) in [4.78, 5) is 12.3. The Bertz CT molecular complexity index is 587. The summed E-state index contributed by atoms with van der Waals surface area (Å²) in [5.41, 5.74) is 3.41. The first-order valence-corrected chi connectivity index (χ1v) is 6.36. The molecule has 0 saturated carbocycles. The molecule has 0 saturated heterocycles. The lowest BCUT2D eigenvalue weighted by atomic mass is 10.1. The average molecular weight is 257 g/mol. The highest BCUT2D eigenvalue weighted by molar-refractivity contribution is 5.96. The molecule has 4 heteroatoms. The molecule has 1 amide bonds. The number of nitrogens with one attached hydrogen (secondary N) is 1. The van der Waals surface area contributed by atoms with Gasteiger partial charge in [-0.2, -0.15) is 5.10 Å². The Balaban J connectivity index is 2.18. The van der Waals surface area contributed by atoms with E-state index in [-0.39, 0.29) is 11.9 Å². The van der Waals surface area contributed by atoms with Crippen LogP contribution in [0.1, 0.15) is 40.3 Å². The van der Waals surface area contributed by atoms with Crippen molar-refractivity contribution in [1.82, 2.24) is 15.1 Å². The zero-order valence-corrected chi connectivity index (χ0v) is 11.8. The highest BCUT2D eigenvalue weighted by Crippen LogP contribution is 2.15. The second-order valence-corrected chi connectivity index (χ2v) is 4.78. The van der Waals surface area contributed by atoms with Crippen molar-refractivity contribution >= 4 is 5.91 Å². The van der Waals surface area contributed by atoms with E-state index in [4.69, 9.17) is 0 Å². The number of hydrogen-bond acceptors (Lipinski definition) is 2. The Hall–Kier alpha value is -2.10. The van der Waals surface area contributed by atoms with Crippen LogP contribution >= 0.6 is 0 Å². The van der Waals surface area contributed by atoms with Crippen LogP contribution in [0.3, 0.4) is 0 Å². The third-order valence-electron chi connectivity index (χ3n) is 3.38. The van der Waals surface area contributed by atoms with E-state index in [9.17, 15) is 4.79 Å². The van der Waals surface area contributed by atoms with Gasteiger partial charge in [-0.05, 0) is 26.3 Å². The fraction of sp³-hybridized carbons (Fsp3) is 0.333. The number of carbonyl (C=O) groups is 1. The van der Waals surface area contributed by atoms with Crippen LogP contribution in [0.5, 0.6) is 0 Å². The third-order valence-corrected chi connectivity index (χ3v) is 3.38. The predicted molar refractivity (Wildman–Crippen MR) is 75.0 cm³/mol. The molecule has 0 bridgehead atoms. The third kappa shape index (κ3) is 2.67. The summed E-state index contributed by atoms with van der Waals surface area (Å²) >= 11 is 0. The number of amides is 1. The van der Waals surface area contributed by atoms with Crippen LogP contribution < -0.4 is 5.32 Å². The molecule has 0 unspecified atom stereocenters. The van der Waals surface area contributed by atoms with Crippen molar-refractivity contribution in [2.24, 2.45) is 7.05 Å². The van der Waals surface area contributed by atoms with Crippen LogP contribution in [-0.4, -0.2) is 15.7 Å². The van der Waals surface area contributed by atoms with Gasteiger partial charge in [0.2, 0.25) is 0 Å².